The van der Waals surface area contributed by atoms with Crippen LogP contribution in [0.5, 0.6) is 11.5 Å². The number of hydrogen-bond acceptors (Lipinski definition) is 2. The van der Waals surface area contributed by atoms with E-state index >= 15 is 0 Å². The maximum absolute atomic E-state index is 13.9. The van der Waals surface area contributed by atoms with Gasteiger partial charge in [0.25, 0.3) is 0 Å². The van der Waals surface area contributed by atoms with Crippen LogP contribution < -0.4 is 4.74 Å². The van der Waals surface area contributed by atoms with Crippen LogP contribution in [0.3, 0.4) is 0 Å². The van der Waals surface area contributed by atoms with Gasteiger partial charge in [-0.05, 0) is 54.8 Å². The molecule has 0 amide bonds. The summed E-state index contributed by atoms with van der Waals surface area (Å²) in [7, 11) is 0. The molecule has 2 rings (SSSR count). The summed E-state index contributed by atoms with van der Waals surface area (Å²) in [5.74, 6) is -0.714. The molecule has 3 nitrogen and oxygen atoms in total. The Labute approximate surface area is 122 Å². The molecule has 0 atom stereocenters. The van der Waals surface area contributed by atoms with Crippen molar-refractivity contribution in [1.29, 1.82) is 0 Å². The highest BCUT2D eigenvalue weighted by Gasteiger charge is 2.07. The van der Waals surface area contributed by atoms with Crippen molar-refractivity contribution in [3.05, 3.63) is 65.0 Å². The fourth-order valence-corrected chi connectivity index (χ4v) is 1.89. The van der Waals surface area contributed by atoms with Crippen LogP contribution in [0.15, 0.2) is 42.5 Å². The predicted octanol–water partition coefficient (Wildman–Crippen LogP) is 4.33. The molecule has 2 aromatic carbocycles. The lowest BCUT2D eigenvalue weighted by Gasteiger charge is -2.10. The molecule has 0 aromatic heterocycles. The molecule has 21 heavy (non-hydrogen) atoms. The van der Waals surface area contributed by atoms with Crippen LogP contribution in [0.25, 0.3) is 6.08 Å². The van der Waals surface area contributed by atoms with E-state index in [1.807, 2.05) is 6.92 Å². The van der Waals surface area contributed by atoms with Gasteiger partial charge in [0.05, 0.1) is 0 Å². The Bertz CT molecular complexity index is 705. The fraction of sp³-hybridized carbons (Fsp3) is 0.118. The van der Waals surface area contributed by atoms with E-state index in [0.29, 0.717) is 11.3 Å². The van der Waals surface area contributed by atoms with Gasteiger partial charge in [0.2, 0.25) is 0 Å². The zero-order valence-corrected chi connectivity index (χ0v) is 11.8. The standard InChI is InChI=1S/C17H15FO3/c1-11-4-3-5-15(17(11)18)21-14-8-6-13(12(2)10-14)7-9-16(19)20/h3-10H,1-2H3,(H,19,20)/b9-7+. The molecule has 0 saturated carbocycles. The number of carbonyl (C=O) groups is 1. The fourth-order valence-electron chi connectivity index (χ4n) is 1.89. The van der Waals surface area contributed by atoms with Gasteiger partial charge in [0.15, 0.2) is 11.6 Å². The molecule has 0 aliphatic rings. The van der Waals surface area contributed by atoms with Gasteiger partial charge in [-0.2, -0.15) is 0 Å². The number of benzene rings is 2. The summed E-state index contributed by atoms with van der Waals surface area (Å²) in [6.45, 7) is 3.51. The molecule has 0 spiro atoms. The number of aliphatic carboxylic acids is 1. The Morgan fingerprint density at radius 1 is 1.19 bits per heavy atom. The van der Waals surface area contributed by atoms with Gasteiger partial charge < -0.3 is 9.84 Å². The first kappa shape index (κ1) is 14.8. The van der Waals surface area contributed by atoms with Crippen molar-refractivity contribution in [3.8, 4) is 11.5 Å². The van der Waals surface area contributed by atoms with Crippen LogP contribution in [0.1, 0.15) is 16.7 Å². The van der Waals surface area contributed by atoms with Crippen molar-refractivity contribution in [2.75, 3.05) is 0 Å². The quantitative estimate of drug-likeness (QED) is 0.851. The molecule has 0 aliphatic heterocycles. The Hall–Kier alpha value is -2.62. The second-order valence-electron chi connectivity index (χ2n) is 4.68. The highest BCUT2D eigenvalue weighted by molar-refractivity contribution is 5.85. The van der Waals surface area contributed by atoms with Crippen LogP contribution >= 0.6 is 0 Å². The molecular weight excluding hydrogens is 271 g/mol. The van der Waals surface area contributed by atoms with Gasteiger partial charge >= 0.3 is 5.97 Å². The minimum Gasteiger partial charge on any atom is -0.478 e. The van der Waals surface area contributed by atoms with E-state index in [1.165, 1.54) is 6.08 Å². The van der Waals surface area contributed by atoms with E-state index in [2.05, 4.69) is 0 Å². The number of carboxylic acids is 1. The molecular formula is C17H15FO3. The molecule has 2 aromatic rings. The maximum Gasteiger partial charge on any atom is 0.328 e. The van der Waals surface area contributed by atoms with Crippen molar-refractivity contribution in [1.82, 2.24) is 0 Å². The number of halogens is 1. The number of ether oxygens (including phenoxy) is 1. The average Bonchev–Trinajstić information content (AvgIpc) is 2.43. The first-order chi connectivity index (χ1) is 9.97. The normalized spacial score (nSPS) is 10.8. The number of rotatable bonds is 4. The summed E-state index contributed by atoms with van der Waals surface area (Å²) in [6, 6.07) is 10.1. The Kier molecular flexibility index (Phi) is 4.38. The van der Waals surface area contributed by atoms with E-state index in [9.17, 15) is 9.18 Å². The second-order valence-corrected chi connectivity index (χ2v) is 4.68. The molecule has 1 N–H and O–H groups in total. The summed E-state index contributed by atoms with van der Waals surface area (Å²) >= 11 is 0. The summed E-state index contributed by atoms with van der Waals surface area (Å²) in [4.78, 5) is 10.5. The van der Waals surface area contributed by atoms with Crippen LogP contribution in [0, 0.1) is 19.7 Å². The zero-order chi connectivity index (χ0) is 15.4. The molecule has 0 bridgehead atoms. The largest absolute Gasteiger partial charge is 0.478 e. The lowest BCUT2D eigenvalue weighted by Crippen LogP contribution is -1.92. The summed E-state index contributed by atoms with van der Waals surface area (Å²) in [5, 5.41) is 8.62. The van der Waals surface area contributed by atoms with E-state index in [1.54, 1.807) is 43.3 Å². The van der Waals surface area contributed by atoms with Crippen LogP contribution in [0.2, 0.25) is 0 Å². The lowest BCUT2D eigenvalue weighted by atomic mass is 10.1. The lowest BCUT2D eigenvalue weighted by molar-refractivity contribution is -0.131. The van der Waals surface area contributed by atoms with Crippen molar-refractivity contribution < 1.29 is 19.0 Å². The van der Waals surface area contributed by atoms with Gasteiger partial charge in [-0.3, -0.25) is 0 Å². The van der Waals surface area contributed by atoms with Gasteiger partial charge in [0.1, 0.15) is 5.75 Å². The van der Waals surface area contributed by atoms with Crippen LogP contribution in [-0.2, 0) is 4.79 Å². The maximum atomic E-state index is 13.9. The number of carboxylic acid groups (broad SMARTS) is 1. The third-order valence-electron chi connectivity index (χ3n) is 3.03. The van der Waals surface area contributed by atoms with Crippen molar-refractivity contribution in [2.45, 2.75) is 13.8 Å². The van der Waals surface area contributed by atoms with E-state index < -0.39 is 5.97 Å². The highest BCUT2D eigenvalue weighted by atomic mass is 19.1. The Balaban J connectivity index is 2.24. The molecule has 0 unspecified atom stereocenters. The van der Waals surface area contributed by atoms with Crippen LogP contribution in [-0.4, -0.2) is 11.1 Å². The number of aryl methyl sites for hydroxylation is 2. The number of hydrogen-bond donors (Lipinski definition) is 1. The first-order valence-corrected chi connectivity index (χ1v) is 6.42. The predicted molar refractivity (Wildman–Crippen MR) is 79.1 cm³/mol. The summed E-state index contributed by atoms with van der Waals surface area (Å²) in [5.41, 5.74) is 2.14. The van der Waals surface area contributed by atoms with Crippen molar-refractivity contribution in [2.24, 2.45) is 0 Å². The minimum absolute atomic E-state index is 0.170. The van der Waals surface area contributed by atoms with Gasteiger partial charge in [-0.25, -0.2) is 9.18 Å². The first-order valence-electron chi connectivity index (χ1n) is 6.42. The minimum atomic E-state index is -1.00. The summed E-state index contributed by atoms with van der Waals surface area (Å²) < 4.78 is 19.4. The van der Waals surface area contributed by atoms with E-state index in [0.717, 1.165) is 17.2 Å². The molecule has 4 heteroatoms. The van der Waals surface area contributed by atoms with Gasteiger partial charge in [-0.15, -0.1) is 0 Å². The van der Waals surface area contributed by atoms with Crippen molar-refractivity contribution >= 4 is 12.0 Å². The van der Waals surface area contributed by atoms with Crippen LogP contribution in [0.4, 0.5) is 4.39 Å². The summed E-state index contributed by atoms with van der Waals surface area (Å²) in [6.07, 6.45) is 2.58. The second kappa shape index (κ2) is 6.22. The van der Waals surface area contributed by atoms with Crippen molar-refractivity contribution in [3.63, 3.8) is 0 Å². The molecule has 108 valence electrons. The zero-order valence-electron chi connectivity index (χ0n) is 11.8. The Morgan fingerprint density at radius 2 is 1.95 bits per heavy atom. The molecule has 0 radical (unpaired) electrons. The third kappa shape index (κ3) is 3.69. The smallest absolute Gasteiger partial charge is 0.328 e. The molecule has 0 fully saturated rings. The third-order valence-corrected chi connectivity index (χ3v) is 3.03. The monoisotopic (exact) mass is 286 g/mol. The topological polar surface area (TPSA) is 46.5 Å². The van der Waals surface area contributed by atoms with Gasteiger partial charge in [-0.1, -0.05) is 18.2 Å². The van der Waals surface area contributed by atoms with Gasteiger partial charge in [0, 0.05) is 6.08 Å². The highest BCUT2D eigenvalue weighted by Crippen LogP contribution is 2.27. The van der Waals surface area contributed by atoms with E-state index in [4.69, 9.17) is 9.84 Å². The van der Waals surface area contributed by atoms with E-state index in [-0.39, 0.29) is 11.6 Å². The average molecular weight is 286 g/mol. The SMILES string of the molecule is Cc1cc(Oc2cccc(C)c2F)ccc1/C=C/C(=O)O. The molecule has 0 saturated heterocycles. The Morgan fingerprint density at radius 3 is 2.62 bits per heavy atom. The molecule has 0 heterocycles. The molecule has 0 aliphatic carbocycles.